The normalized spacial score (nSPS) is 26.3. The second kappa shape index (κ2) is 7.95. The maximum atomic E-state index is 12.5. The topological polar surface area (TPSA) is 38.3 Å². The average molecular weight is 309 g/mol. The Hall–Kier alpha value is -0.870. The minimum atomic E-state index is -0.482. The zero-order valence-corrected chi connectivity index (χ0v) is 14.0. The lowest BCUT2D eigenvalue weighted by Gasteiger charge is -2.31. The number of hydrogen-bond acceptors (Lipinski definition) is 4. The van der Waals surface area contributed by atoms with Gasteiger partial charge in [-0.25, -0.2) is 0 Å². The Morgan fingerprint density at radius 2 is 2.29 bits per heavy atom. The van der Waals surface area contributed by atoms with Crippen molar-refractivity contribution in [3.05, 3.63) is 22.4 Å². The van der Waals surface area contributed by atoms with Gasteiger partial charge in [0.1, 0.15) is 5.54 Å². The van der Waals surface area contributed by atoms with E-state index in [4.69, 9.17) is 4.74 Å². The van der Waals surface area contributed by atoms with Gasteiger partial charge >= 0.3 is 5.97 Å². The van der Waals surface area contributed by atoms with E-state index in [-0.39, 0.29) is 5.97 Å². The number of carbonyl (C=O) groups excluding carboxylic acids is 1. The highest BCUT2D eigenvalue weighted by atomic mass is 32.1. The van der Waals surface area contributed by atoms with Crippen LogP contribution in [0.2, 0.25) is 0 Å². The summed E-state index contributed by atoms with van der Waals surface area (Å²) in [4.78, 5) is 13.8. The molecule has 0 aliphatic heterocycles. The highest BCUT2D eigenvalue weighted by Crippen LogP contribution is 2.33. The van der Waals surface area contributed by atoms with Crippen LogP contribution in [0.3, 0.4) is 0 Å². The first-order valence-corrected chi connectivity index (χ1v) is 9.02. The van der Waals surface area contributed by atoms with Crippen molar-refractivity contribution < 1.29 is 9.53 Å². The molecule has 118 valence electrons. The van der Waals surface area contributed by atoms with E-state index < -0.39 is 5.54 Å². The van der Waals surface area contributed by atoms with Crippen LogP contribution in [0.5, 0.6) is 0 Å². The molecule has 1 fully saturated rings. The van der Waals surface area contributed by atoms with Crippen LogP contribution < -0.4 is 5.32 Å². The van der Waals surface area contributed by atoms with E-state index in [9.17, 15) is 4.79 Å². The summed E-state index contributed by atoms with van der Waals surface area (Å²) in [6.45, 7) is 5.35. The summed E-state index contributed by atoms with van der Waals surface area (Å²) in [6.07, 6.45) is 6.47. The van der Waals surface area contributed by atoms with Gasteiger partial charge in [0.15, 0.2) is 0 Å². The van der Waals surface area contributed by atoms with Crippen molar-refractivity contribution in [3.63, 3.8) is 0 Å². The van der Waals surface area contributed by atoms with E-state index in [1.165, 1.54) is 17.7 Å². The molecular formula is C17H27NO2S. The van der Waals surface area contributed by atoms with E-state index in [1.807, 2.05) is 6.92 Å². The van der Waals surface area contributed by atoms with Gasteiger partial charge in [-0.15, -0.1) is 11.3 Å². The SMILES string of the molecule is CCOC(=O)C1(NCc2cccs2)CCCC(CC)CC1. The first-order valence-electron chi connectivity index (χ1n) is 8.15. The highest BCUT2D eigenvalue weighted by Gasteiger charge is 2.40. The molecule has 2 unspecified atom stereocenters. The van der Waals surface area contributed by atoms with Crippen LogP contribution in [0.4, 0.5) is 0 Å². The summed E-state index contributed by atoms with van der Waals surface area (Å²) >= 11 is 1.73. The van der Waals surface area contributed by atoms with E-state index in [0.29, 0.717) is 6.61 Å². The van der Waals surface area contributed by atoms with Gasteiger partial charge in [-0.2, -0.15) is 0 Å². The van der Waals surface area contributed by atoms with Crippen LogP contribution in [0, 0.1) is 5.92 Å². The van der Waals surface area contributed by atoms with E-state index in [2.05, 4.69) is 29.8 Å². The van der Waals surface area contributed by atoms with Crippen molar-refractivity contribution >= 4 is 17.3 Å². The Kier molecular flexibility index (Phi) is 6.24. The first-order chi connectivity index (χ1) is 10.2. The standard InChI is InChI=1S/C17H27NO2S/c1-3-14-7-5-10-17(11-9-14,16(19)20-4-2)18-13-15-8-6-12-21-15/h6,8,12,14,18H,3-5,7,9-11,13H2,1-2H3. The van der Waals surface area contributed by atoms with Crippen LogP contribution >= 0.6 is 11.3 Å². The minimum absolute atomic E-state index is 0.0571. The van der Waals surface area contributed by atoms with Crippen LogP contribution in [0.15, 0.2) is 17.5 Å². The van der Waals surface area contributed by atoms with E-state index >= 15 is 0 Å². The molecular weight excluding hydrogens is 282 g/mol. The Labute approximate surface area is 132 Å². The fraction of sp³-hybridized carbons (Fsp3) is 0.706. The second-order valence-electron chi connectivity index (χ2n) is 5.94. The van der Waals surface area contributed by atoms with Crippen molar-refractivity contribution in [1.29, 1.82) is 0 Å². The molecule has 21 heavy (non-hydrogen) atoms. The molecule has 1 N–H and O–H groups in total. The molecule has 0 spiro atoms. The lowest BCUT2D eigenvalue weighted by atomic mass is 9.89. The number of esters is 1. The summed E-state index contributed by atoms with van der Waals surface area (Å²) in [7, 11) is 0. The Morgan fingerprint density at radius 1 is 1.43 bits per heavy atom. The first kappa shape index (κ1) is 16.5. The Balaban J connectivity index is 2.07. The summed E-state index contributed by atoms with van der Waals surface area (Å²) in [5, 5.41) is 5.62. The van der Waals surface area contributed by atoms with E-state index in [0.717, 1.165) is 38.1 Å². The van der Waals surface area contributed by atoms with Gasteiger partial charge in [0, 0.05) is 11.4 Å². The summed E-state index contributed by atoms with van der Waals surface area (Å²) < 4.78 is 5.38. The fourth-order valence-electron chi connectivity index (χ4n) is 3.21. The third-order valence-corrected chi connectivity index (χ3v) is 5.50. The number of carbonyl (C=O) groups is 1. The number of rotatable bonds is 6. The third kappa shape index (κ3) is 4.30. The quantitative estimate of drug-likeness (QED) is 0.634. The van der Waals surface area contributed by atoms with Crippen LogP contribution in [0.1, 0.15) is 57.2 Å². The third-order valence-electron chi connectivity index (χ3n) is 4.62. The Morgan fingerprint density at radius 3 is 2.95 bits per heavy atom. The summed E-state index contributed by atoms with van der Waals surface area (Å²) in [5.41, 5.74) is -0.482. The maximum Gasteiger partial charge on any atom is 0.326 e. The predicted octanol–water partition coefficient (Wildman–Crippen LogP) is 4.13. The monoisotopic (exact) mass is 309 g/mol. The van der Waals surface area contributed by atoms with Crippen molar-refractivity contribution in [2.45, 2.75) is 64.5 Å². The number of hydrogen-bond donors (Lipinski definition) is 1. The molecule has 0 radical (unpaired) electrons. The molecule has 2 rings (SSSR count). The maximum absolute atomic E-state index is 12.5. The van der Waals surface area contributed by atoms with E-state index in [1.54, 1.807) is 11.3 Å². The number of nitrogens with one attached hydrogen (secondary N) is 1. The molecule has 1 saturated carbocycles. The van der Waals surface area contributed by atoms with Crippen molar-refractivity contribution in [2.75, 3.05) is 6.61 Å². The highest BCUT2D eigenvalue weighted by molar-refractivity contribution is 7.09. The molecule has 1 heterocycles. The molecule has 1 aromatic heterocycles. The molecule has 2 atom stereocenters. The van der Waals surface area contributed by atoms with Gasteiger partial charge in [0.25, 0.3) is 0 Å². The Bertz CT molecular complexity index is 432. The smallest absolute Gasteiger partial charge is 0.326 e. The van der Waals surface area contributed by atoms with Gasteiger partial charge in [-0.3, -0.25) is 10.1 Å². The molecule has 0 bridgehead atoms. The zero-order valence-electron chi connectivity index (χ0n) is 13.2. The van der Waals surface area contributed by atoms with Gasteiger partial charge in [-0.05, 0) is 43.6 Å². The lowest BCUT2D eigenvalue weighted by molar-refractivity contribution is -0.152. The van der Waals surface area contributed by atoms with Crippen LogP contribution in [-0.4, -0.2) is 18.1 Å². The minimum Gasteiger partial charge on any atom is -0.465 e. The van der Waals surface area contributed by atoms with Gasteiger partial charge in [0.05, 0.1) is 6.61 Å². The number of ether oxygens (including phenoxy) is 1. The molecule has 1 aliphatic carbocycles. The van der Waals surface area contributed by atoms with Gasteiger partial charge < -0.3 is 4.74 Å². The largest absolute Gasteiger partial charge is 0.465 e. The van der Waals surface area contributed by atoms with Crippen molar-refractivity contribution in [2.24, 2.45) is 5.92 Å². The average Bonchev–Trinajstić information content (AvgIpc) is 2.92. The molecule has 0 aromatic carbocycles. The molecule has 3 nitrogen and oxygen atoms in total. The van der Waals surface area contributed by atoms with Crippen molar-refractivity contribution in [3.8, 4) is 0 Å². The summed E-state index contributed by atoms with van der Waals surface area (Å²) in [6, 6.07) is 4.17. The van der Waals surface area contributed by atoms with Crippen LogP contribution in [0.25, 0.3) is 0 Å². The molecule has 0 amide bonds. The van der Waals surface area contributed by atoms with Crippen molar-refractivity contribution in [1.82, 2.24) is 5.32 Å². The molecule has 0 saturated heterocycles. The van der Waals surface area contributed by atoms with Gasteiger partial charge in [-0.1, -0.05) is 32.3 Å². The van der Waals surface area contributed by atoms with Crippen LogP contribution in [-0.2, 0) is 16.1 Å². The lowest BCUT2D eigenvalue weighted by Crippen LogP contribution is -2.52. The predicted molar refractivity (Wildman–Crippen MR) is 87.4 cm³/mol. The van der Waals surface area contributed by atoms with Gasteiger partial charge in [0.2, 0.25) is 0 Å². The molecule has 1 aromatic rings. The fourth-order valence-corrected chi connectivity index (χ4v) is 3.86. The molecule has 1 aliphatic rings. The molecule has 4 heteroatoms. The second-order valence-corrected chi connectivity index (χ2v) is 6.97. The summed E-state index contributed by atoms with van der Waals surface area (Å²) in [5.74, 6) is 0.697. The number of thiophene rings is 1. The zero-order chi connectivity index (χ0) is 15.1.